The van der Waals surface area contributed by atoms with Crippen molar-refractivity contribution in [1.82, 2.24) is 10.6 Å². The number of nitro groups is 1. The van der Waals surface area contributed by atoms with Gasteiger partial charge in [0.25, 0.3) is 5.69 Å². The van der Waals surface area contributed by atoms with E-state index < -0.39 is 22.5 Å². The molecule has 0 fully saturated rings. The lowest BCUT2D eigenvalue weighted by Gasteiger charge is -2.19. The highest BCUT2D eigenvalue weighted by Gasteiger charge is 2.16. The zero-order valence-electron chi connectivity index (χ0n) is 14.3. The van der Waals surface area contributed by atoms with Crippen LogP contribution in [-0.2, 0) is 9.53 Å². The van der Waals surface area contributed by atoms with Crippen LogP contribution in [0.4, 0.5) is 10.5 Å². The summed E-state index contributed by atoms with van der Waals surface area (Å²) in [6, 6.07) is 5.10. The molecule has 9 nitrogen and oxygen atoms in total. The lowest BCUT2D eigenvalue weighted by Crippen LogP contribution is -2.36. The third-order valence-electron chi connectivity index (χ3n) is 2.87. The predicted octanol–water partition coefficient (Wildman–Crippen LogP) is 1.81. The molecule has 1 rings (SSSR count). The van der Waals surface area contributed by atoms with E-state index in [0.29, 0.717) is 0 Å². The molecule has 0 saturated carbocycles. The monoisotopic (exact) mass is 351 g/mol. The SMILES string of the molecule is CC(C)(C)OC(=O)NCCC(=O)NCC(=O)c1ccc([N+](=O)[O-])cc1. The van der Waals surface area contributed by atoms with Crippen LogP contribution in [0.5, 0.6) is 0 Å². The van der Waals surface area contributed by atoms with Crippen LogP contribution < -0.4 is 10.6 Å². The maximum Gasteiger partial charge on any atom is 0.407 e. The van der Waals surface area contributed by atoms with E-state index >= 15 is 0 Å². The van der Waals surface area contributed by atoms with E-state index in [0.717, 1.165) is 0 Å². The second-order valence-electron chi connectivity index (χ2n) is 6.18. The Hall–Kier alpha value is -2.97. The minimum atomic E-state index is -0.623. The Balaban J connectivity index is 2.32. The summed E-state index contributed by atoms with van der Waals surface area (Å²) in [5.74, 6) is -0.783. The number of amides is 2. The molecule has 136 valence electrons. The van der Waals surface area contributed by atoms with Crippen LogP contribution in [0.25, 0.3) is 0 Å². The number of nitrogens with one attached hydrogen (secondary N) is 2. The summed E-state index contributed by atoms with van der Waals surface area (Å²) in [5.41, 5.74) is -0.477. The Labute approximate surface area is 144 Å². The molecule has 0 aromatic heterocycles. The first-order valence-corrected chi connectivity index (χ1v) is 7.59. The van der Waals surface area contributed by atoms with E-state index in [2.05, 4.69) is 10.6 Å². The van der Waals surface area contributed by atoms with Crippen molar-refractivity contribution in [2.45, 2.75) is 32.8 Å². The van der Waals surface area contributed by atoms with Crippen molar-refractivity contribution >= 4 is 23.5 Å². The van der Waals surface area contributed by atoms with E-state index in [1.165, 1.54) is 24.3 Å². The molecule has 0 atom stereocenters. The second-order valence-corrected chi connectivity index (χ2v) is 6.18. The zero-order chi connectivity index (χ0) is 19.0. The molecule has 2 amide bonds. The van der Waals surface area contributed by atoms with Gasteiger partial charge in [-0.05, 0) is 32.9 Å². The summed E-state index contributed by atoms with van der Waals surface area (Å²) in [7, 11) is 0. The molecular formula is C16H21N3O6. The number of non-ortho nitro benzene ring substituents is 1. The van der Waals surface area contributed by atoms with E-state index in [-0.39, 0.29) is 36.5 Å². The minimum Gasteiger partial charge on any atom is -0.444 e. The normalized spacial score (nSPS) is 10.7. The Morgan fingerprint density at radius 1 is 1.12 bits per heavy atom. The molecule has 2 N–H and O–H groups in total. The van der Waals surface area contributed by atoms with Gasteiger partial charge in [0.2, 0.25) is 5.91 Å². The lowest BCUT2D eigenvalue weighted by atomic mass is 10.1. The third-order valence-corrected chi connectivity index (χ3v) is 2.87. The first-order chi connectivity index (χ1) is 11.6. The molecule has 25 heavy (non-hydrogen) atoms. The van der Waals surface area contributed by atoms with Gasteiger partial charge in [0.15, 0.2) is 5.78 Å². The summed E-state index contributed by atoms with van der Waals surface area (Å²) in [6.45, 7) is 5.02. The largest absolute Gasteiger partial charge is 0.444 e. The molecule has 0 bridgehead atoms. The lowest BCUT2D eigenvalue weighted by molar-refractivity contribution is -0.384. The number of ketones is 1. The molecule has 0 saturated heterocycles. The molecule has 9 heteroatoms. The zero-order valence-corrected chi connectivity index (χ0v) is 14.3. The molecule has 1 aromatic carbocycles. The Kier molecular flexibility index (Phi) is 7.04. The van der Waals surface area contributed by atoms with Gasteiger partial charge in [0.05, 0.1) is 11.5 Å². The number of nitro benzene ring substituents is 1. The molecule has 1 aromatic rings. The predicted molar refractivity (Wildman–Crippen MR) is 89.3 cm³/mol. The van der Waals surface area contributed by atoms with Crippen LogP contribution in [-0.4, -0.2) is 41.4 Å². The minimum absolute atomic E-state index is 0.00716. The van der Waals surface area contributed by atoms with E-state index in [1.807, 2.05) is 0 Å². The molecule has 0 aliphatic heterocycles. The summed E-state index contributed by atoms with van der Waals surface area (Å²) in [4.78, 5) is 44.9. The topological polar surface area (TPSA) is 128 Å². The van der Waals surface area contributed by atoms with Crippen molar-refractivity contribution in [3.63, 3.8) is 0 Å². The number of benzene rings is 1. The van der Waals surface area contributed by atoms with E-state index in [9.17, 15) is 24.5 Å². The number of hydrogen-bond donors (Lipinski definition) is 2. The summed E-state index contributed by atoms with van der Waals surface area (Å²) in [6.07, 6.45) is -0.630. The molecule has 0 heterocycles. The van der Waals surface area contributed by atoms with Crippen molar-refractivity contribution < 1.29 is 24.0 Å². The Bertz CT molecular complexity index is 649. The van der Waals surface area contributed by atoms with E-state index in [4.69, 9.17) is 4.74 Å². The molecular weight excluding hydrogens is 330 g/mol. The fraction of sp³-hybridized carbons (Fsp3) is 0.438. The first-order valence-electron chi connectivity index (χ1n) is 7.59. The van der Waals surface area contributed by atoms with Crippen molar-refractivity contribution in [1.29, 1.82) is 0 Å². The highest BCUT2D eigenvalue weighted by Crippen LogP contribution is 2.12. The summed E-state index contributed by atoms with van der Waals surface area (Å²) in [5, 5.41) is 15.4. The molecule has 0 radical (unpaired) electrons. The van der Waals surface area contributed by atoms with Crippen molar-refractivity contribution in [3.05, 3.63) is 39.9 Å². The van der Waals surface area contributed by atoms with Gasteiger partial charge in [-0.1, -0.05) is 0 Å². The van der Waals surface area contributed by atoms with Crippen LogP contribution in [0.15, 0.2) is 24.3 Å². The van der Waals surface area contributed by atoms with Gasteiger partial charge in [0, 0.05) is 30.7 Å². The number of hydrogen-bond acceptors (Lipinski definition) is 6. The number of rotatable bonds is 7. The highest BCUT2D eigenvalue weighted by atomic mass is 16.6. The number of carbonyl (C=O) groups excluding carboxylic acids is 3. The maximum atomic E-state index is 11.9. The third kappa shape index (κ3) is 7.91. The smallest absolute Gasteiger partial charge is 0.407 e. The van der Waals surface area contributed by atoms with Crippen molar-refractivity contribution in [3.8, 4) is 0 Å². The number of carbonyl (C=O) groups is 3. The van der Waals surface area contributed by atoms with Gasteiger partial charge in [-0.15, -0.1) is 0 Å². The van der Waals surface area contributed by atoms with Gasteiger partial charge in [-0.3, -0.25) is 19.7 Å². The maximum absolute atomic E-state index is 11.9. The molecule has 0 aliphatic carbocycles. The van der Waals surface area contributed by atoms with Crippen LogP contribution in [0.3, 0.4) is 0 Å². The average Bonchev–Trinajstić information content (AvgIpc) is 2.51. The van der Waals surface area contributed by atoms with Gasteiger partial charge in [0.1, 0.15) is 5.60 Å². The van der Waals surface area contributed by atoms with E-state index in [1.54, 1.807) is 20.8 Å². The quantitative estimate of drug-likeness (QED) is 0.438. The van der Waals surface area contributed by atoms with Gasteiger partial charge in [-0.2, -0.15) is 0 Å². The van der Waals surface area contributed by atoms with Crippen LogP contribution >= 0.6 is 0 Å². The Morgan fingerprint density at radius 2 is 1.72 bits per heavy atom. The summed E-state index contributed by atoms with van der Waals surface area (Å²) < 4.78 is 5.02. The van der Waals surface area contributed by atoms with Gasteiger partial charge in [-0.25, -0.2) is 4.79 Å². The fourth-order valence-electron chi connectivity index (χ4n) is 1.73. The number of alkyl carbamates (subject to hydrolysis) is 1. The number of ether oxygens (including phenoxy) is 1. The average molecular weight is 351 g/mol. The number of Topliss-reactive ketones (excluding diaryl/α,β-unsaturated/α-hetero) is 1. The molecule has 0 spiro atoms. The second kappa shape index (κ2) is 8.76. The van der Waals surface area contributed by atoms with Crippen LogP contribution in [0, 0.1) is 10.1 Å². The summed E-state index contributed by atoms with van der Waals surface area (Å²) >= 11 is 0. The van der Waals surface area contributed by atoms with Gasteiger partial charge >= 0.3 is 6.09 Å². The molecule has 0 aliphatic rings. The van der Waals surface area contributed by atoms with Gasteiger partial charge < -0.3 is 15.4 Å². The fourth-order valence-corrected chi connectivity index (χ4v) is 1.73. The van der Waals surface area contributed by atoms with Crippen LogP contribution in [0.2, 0.25) is 0 Å². The van der Waals surface area contributed by atoms with Crippen LogP contribution in [0.1, 0.15) is 37.6 Å². The Morgan fingerprint density at radius 3 is 2.24 bits per heavy atom. The van der Waals surface area contributed by atoms with Crippen molar-refractivity contribution in [2.75, 3.05) is 13.1 Å². The number of nitrogens with zero attached hydrogens (tertiary/aromatic N) is 1. The van der Waals surface area contributed by atoms with Crippen molar-refractivity contribution in [2.24, 2.45) is 0 Å². The molecule has 0 unspecified atom stereocenters. The first kappa shape index (κ1) is 20.1. The highest BCUT2D eigenvalue weighted by molar-refractivity contribution is 5.99. The standard InChI is InChI=1S/C16H21N3O6/c1-16(2,3)25-15(22)17-9-8-14(21)18-10-13(20)11-4-6-12(7-5-11)19(23)24/h4-7H,8-10H2,1-3H3,(H,17,22)(H,18,21).